The summed E-state index contributed by atoms with van der Waals surface area (Å²) < 4.78 is 5.34. The first kappa shape index (κ1) is 22.4. The van der Waals surface area contributed by atoms with Gasteiger partial charge in [-0.1, -0.05) is 29.8 Å². The SMILES string of the molecule is N#CC(NC(=O)c1cnc(N2CCC(N3C(=O)OCc4ccccc43)CC2)c(Cl)c1)C(N)=O. The highest BCUT2D eigenvalue weighted by atomic mass is 35.5. The highest BCUT2D eigenvalue weighted by molar-refractivity contribution is 6.33. The van der Waals surface area contributed by atoms with E-state index in [9.17, 15) is 14.4 Å². The first-order chi connectivity index (χ1) is 15.9. The molecule has 1 atom stereocenters. The fourth-order valence-electron chi connectivity index (χ4n) is 4.03. The number of halogens is 1. The number of fused-ring (bicyclic) bond motifs is 1. The monoisotopic (exact) mass is 468 g/mol. The molecule has 2 aromatic rings. The van der Waals surface area contributed by atoms with Crippen LogP contribution in [0.25, 0.3) is 0 Å². The van der Waals surface area contributed by atoms with E-state index < -0.39 is 17.9 Å². The molecule has 1 unspecified atom stereocenters. The van der Waals surface area contributed by atoms with Crippen molar-refractivity contribution in [2.75, 3.05) is 22.9 Å². The second kappa shape index (κ2) is 9.34. The van der Waals surface area contributed by atoms with E-state index in [0.29, 0.717) is 31.7 Å². The predicted molar refractivity (Wildman–Crippen MR) is 120 cm³/mol. The van der Waals surface area contributed by atoms with E-state index >= 15 is 0 Å². The zero-order valence-electron chi connectivity index (χ0n) is 17.5. The molecule has 11 heteroatoms. The minimum atomic E-state index is -1.44. The van der Waals surface area contributed by atoms with Gasteiger partial charge in [0.25, 0.3) is 11.8 Å². The van der Waals surface area contributed by atoms with Gasteiger partial charge < -0.3 is 20.7 Å². The molecule has 1 aromatic heterocycles. The Morgan fingerprint density at radius 1 is 1.30 bits per heavy atom. The normalized spacial score (nSPS) is 16.9. The maximum atomic E-state index is 12.5. The van der Waals surface area contributed by atoms with Crippen LogP contribution in [0.5, 0.6) is 0 Å². The molecule has 3 N–H and O–H groups in total. The number of piperidine rings is 1. The summed E-state index contributed by atoms with van der Waals surface area (Å²) in [7, 11) is 0. The Kier molecular flexibility index (Phi) is 6.33. The number of nitrogens with two attached hydrogens (primary N) is 1. The van der Waals surface area contributed by atoms with Gasteiger partial charge in [-0.15, -0.1) is 0 Å². The van der Waals surface area contributed by atoms with Crippen LogP contribution in [0.15, 0.2) is 36.5 Å². The molecular weight excluding hydrogens is 448 g/mol. The van der Waals surface area contributed by atoms with Gasteiger partial charge in [0.15, 0.2) is 6.04 Å². The van der Waals surface area contributed by atoms with E-state index in [2.05, 4.69) is 10.3 Å². The van der Waals surface area contributed by atoms with Crippen molar-refractivity contribution in [1.29, 1.82) is 5.26 Å². The fourth-order valence-corrected chi connectivity index (χ4v) is 4.31. The van der Waals surface area contributed by atoms with Crippen molar-refractivity contribution < 1.29 is 19.1 Å². The minimum Gasteiger partial charge on any atom is -0.444 e. The van der Waals surface area contributed by atoms with E-state index in [-0.39, 0.29) is 29.3 Å². The number of aromatic nitrogens is 1. The third-order valence-electron chi connectivity index (χ3n) is 5.70. The number of para-hydroxylation sites is 1. The van der Waals surface area contributed by atoms with Gasteiger partial charge in [0.2, 0.25) is 0 Å². The Balaban J connectivity index is 1.43. The quantitative estimate of drug-likeness (QED) is 0.683. The second-order valence-electron chi connectivity index (χ2n) is 7.74. The lowest BCUT2D eigenvalue weighted by molar-refractivity contribution is -0.118. The molecule has 3 amide bonds. The maximum absolute atomic E-state index is 12.5. The number of carbonyl (C=O) groups excluding carboxylic acids is 3. The van der Waals surface area contributed by atoms with E-state index in [0.717, 1.165) is 11.3 Å². The molecule has 0 aliphatic carbocycles. The number of benzene rings is 1. The average molecular weight is 469 g/mol. The lowest BCUT2D eigenvalue weighted by Gasteiger charge is -2.40. The van der Waals surface area contributed by atoms with Crippen LogP contribution < -0.4 is 20.9 Å². The molecule has 4 rings (SSSR count). The highest BCUT2D eigenvalue weighted by Gasteiger charge is 2.34. The molecule has 3 heterocycles. The number of nitrogens with zero attached hydrogens (tertiary/aromatic N) is 4. The summed E-state index contributed by atoms with van der Waals surface area (Å²) in [6, 6.07) is 9.29. The standard InChI is InChI=1S/C22H21ClN6O4/c23-16-9-14(21(31)27-17(10-24)19(25)30)11-26-20(16)28-7-5-15(6-8-28)29-18-4-2-1-3-13(18)12-33-22(29)32/h1-4,9,11,15,17H,5-8,12H2,(H2,25,30)(H,27,31). The number of pyridine rings is 1. The zero-order chi connectivity index (χ0) is 23.5. The number of cyclic esters (lactones) is 1. The number of hydrogen-bond donors (Lipinski definition) is 2. The molecule has 0 spiro atoms. The van der Waals surface area contributed by atoms with Gasteiger partial charge in [-0.3, -0.25) is 14.5 Å². The summed E-state index contributed by atoms with van der Waals surface area (Å²) in [5.74, 6) is -1.12. The molecule has 2 aliphatic rings. The largest absolute Gasteiger partial charge is 0.444 e. The molecule has 1 aromatic carbocycles. The summed E-state index contributed by atoms with van der Waals surface area (Å²) >= 11 is 6.39. The van der Waals surface area contributed by atoms with Crippen molar-refractivity contribution >= 4 is 41.0 Å². The molecule has 0 bridgehead atoms. The average Bonchev–Trinajstić information content (AvgIpc) is 2.82. The minimum absolute atomic E-state index is 0.0178. The Labute approximate surface area is 194 Å². The van der Waals surface area contributed by atoms with Crippen LogP contribution in [0.1, 0.15) is 28.8 Å². The smallest absolute Gasteiger partial charge is 0.414 e. The summed E-state index contributed by atoms with van der Waals surface area (Å²) in [5.41, 5.74) is 7.03. The van der Waals surface area contributed by atoms with Crippen molar-refractivity contribution in [3.05, 3.63) is 52.7 Å². The Morgan fingerprint density at radius 3 is 2.70 bits per heavy atom. The number of ether oxygens (including phenoxy) is 1. The van der Waals surface area contributed by atoms with Crippen LogP contribution in [0, 0.1) is 11.3 Å². The Morgan fingerprint density at radius 2 is 2.03 bits per heavy atom. The number of hydrogen-bond acceptors (Lipinski definition) is 7. The van der Waals surface area contributed by atoms with Crippen molar-refractivity contribution in [1.82, 2.24) is 10.3 Å². The highest BCUT2D eigenvalue weighted by Crippen LogP contribution is 2.33. The lowest BCUT2D eigenvalue weighted by Crippen LogP contribution is -2.49. The second-order valence-corrected chi connectivity index (χ2v) is 8.15. The third kappa shape index (κ3) is 4.54. The van der Waals surface area contributed by atoms with Gasteiger partial charge in [-0.25, -0.2) is 9.78 Å². The molecule has 1 saturated heterocycles. The Bertz CT molecular complexity index is 1140. The summed E-state index contributed by atoms with van der Waals surface area (Å²) in [6.07, 6.45) is 2.36. The molecule has 1 fully saturated rings. The van der Waals surface area contributed by atoms with E-state index in [1.165, 1.54) is 12.3 Å². The molecule has 0 radical (unpaired) electrons. The first-order valence-electron chi connectivity index (χ1n) is 10.3. The number of nitrogens with one attached hydrogen (secondary N) is 1. The number of primary amides is 1. The molecule has 10 nitrogen and oxygen atoms in total. The van der Waals surface area contributed by atoms with E-state index in [1.54, 1.807) is 11.0 Å². The van der Waals surface area contributed by atoms with Crippen molar-refractivity contribution in [2.45, 2.75) is 31.5 Å². The lowest BCUT2D eigenvalue weighted by atomic mass is 10.0. The molecule has 33 heavy (non-hydrogen) atoms. The van der Waals surface area contributed by atoms with Crippen LogP contribution >= 0.6 is 11.6 Å². The van der Waals surface area contributed by atoms with E-state index in [4.69, 9.17) is 27.3 Å². The molecule has 0 saturated carbocycles. The topological polar surface area (TPSA) is 142 Å². The maximum Gasteiger partial charge on any atom is 0.414 e. The van der Waals surface area contributed by atoms with Crippen LogP contribution in [0.2, 0.25) is 5.02 Å². The molecule has 2 aliphatic heterocycles. The third-order valence-corrected chi connectivity index (χ3v) is 5.98. The van der Waals surface area contributed by atoms with Crippen molar-refractivity contribution in [2.24, 2.45) is 5.73 Å². The number of nitriles is 1. The van der Waals surface area contributed by atoms with Gasteiger partial charge >= 0.3 is 6.09 Å². The van der Waals surface area contributed by atoms with Gasteiger partial charge in [0.1, 0.15) is 12.4 Å². The number of amides is 3. The van der Waals surface area contributed by atoms with Crippen molar-refractivity contribution in [3.63, 3.8) is 0 Å². The van der Waals surface area contributed by atoms with Crippen LogP contribution in [0.4, 0.5) is 16.3 Å². The molecular formula is C22H21ClN6O4. The zero-order valence-corrected chi connectivity index (χ0v) is 18.3. The van der Waals surface area contributed by atoms with Crippen LogP contribution in [-0.2, 0) is 16.1 Å². The van der Waals surface area contributed by atoms with E-state index in [1.807, 2.05) is 29.2 Å². The predicted octanol–water partition coefficient (Wildman–Crippen LogP) is 1.97. The van der Waals surface area contributed by atoms with Crippen molar-refractivity contribution in [3.8, 4) is 6.07 Å². The first-order valence-corrected chi connectivity index (χ1v) is 10.7. The van der Waals surface area contributed by atoms with Crippen LogP contribution in [-0.4, -0.2) is 48.1 Å². The number of anilines is 2. The fraction of sp³-hybridized carbons (Fsp3) is 0.318. The summed E-state index contributed by atoms with van der Waals surface area (Å²) in [4.78, 5) is 43.9. The number of carbonyl (C=O) groups is 3. The van der Waals surface area contributed by atoms with Gasteiger partial charge in [-0.2, -0.15) is 5.26 Å². The Hall–Kier alpha value is -3.84. The number of rotatable bonds is 5. The molecule has 170 valence electrons. The van der Waals surface area contributed by atoms with Gasteiger partial charge in [-0.05, 0) is 25.0 Å². The van der Waals surface area contributed by atoms with Gasteiger partial charge in [0, 0.05) is 30.9 Å². The van der Waals surface area contributed by atoms with Crippen LogP contribution in [0.3, 0.4) is 0 Å². The summed E-state index contributed by atoms with van der Waals surface area (Å²) in [6.45, 7) is 1.48. The summed E-state index contributed by atoms with van der Waals surface area (Å²) in [5, 5.41) is 11.4. The van der Waals surface area contributed by atoms with Gasteiger partial charge in [0.05, 0.1) is 22.3 Å².